The van der Waals surface area contributed by atoms with Crippen molar-refractivity contribution in [3.8, 4) is 0 Å². The fourth-order valence-corrected chi connectivity index (χ4v) is 2.29. The van der Waals surface area contributed by atoms with Gasteiger partial charge in [0.15, 0.2) is 0 Å². The lowest BCUT2D eigenvalue weighted by Gasteiger charge is -2.11. The predicted octanol–water partition coefficient (Wildman–Crippen LogP) is 4.42. The predicted molar refractivity (Wildman–Crippen MR) is 82.9 cm³/mol. The lowest BCUT2D eigenvalue weighted by Crippen LogP contribution is -2.25. The second kappa shape index (κ2) is 6.86. The summed E-state index contributed by atoms with van der Waals surface area (Å²) in [5.41, 5.74) is 1.15. The van der Waals surface area contributed by atoms with Gasteiger partial charge in [0.25, 0.3) is 0 Å². The van der Waals surface area contributed by atoms with Gasteiger partial charge in [0.05, 0.1) is 4.83 Å². The first-order valence-electron chi connectivity index (χ1n) is 6.00. The molecule has 0 saturated carbocycles. The molecule has 2 nitrogen and oxygen atoms in total. The van der Waals surface area contributed by atoms with Crippen LogP contribution < -0.4 is 5.32 Å². The van der Waals surface area contributed by atoms with Gasteiger partial charge in [-0.05, 0) is 42.3 Å². The topological polar surface area (TPSA) is 29.1 Å². The second-order valence-electron chi connectivity index (χ2n) is 4.26. The van der Waals surface area contributed by atoms with Crippen LogP contribution in [0.3, 0.4) is 0 Å². The van der Waals surface area contributed by atoms with E-state index in [1.165, 1.54) is 6.07 Å². The number of carbonyl (C=O) groups excluding carboxylic acids is 1. The molecule has 0 aliphatic rings. The molecule has 2 aromatic carbocycles. The fraction of sp³-hybridized carbons (Fsp3) is 0.133. The molecule has 1 amide bonds. The molecule has 0 spiro atoms. The second-order valence-corrected chi connectivity index (χ2v) is 5.80. The van der Waals surface area contributed by atoms with E-state index in [2.05, 4.69) is 21.2 Å². The third-order valence-electron chi connectivity index (χ3n) is 2.75. The van der Waals surface area contributed by atoms with Gasteiger partial charge in [-0.1, -0.05) is 45.7 Å². The highest BCUT2D eigenvalue weighted by Gasteiger charge is 2.17. The van der Waals surface area contributed by atoms with Gasteiger partial charge < -0.3 is 5.32 Å². The average molecular weight is 357 g/mol. The first kappa shape index (κ1) is 15.0. The Morgan fingerprint density at radius 2 is 1.85 bits per heavy atom. The quantitative estimate of drug-likeness (QED) is 0.807. The molecule has 0 aromatic heterocycles. The summed E-state index contributed by atoms with van der Waals surface area (Å²) in [5.74, 6) is -0.535. The molecule has 2 aromatic rings. The van der Waals surface area contributed by atoms with Crippen LogP contribution in [0.4, 0.5) is 10.1 Å². The van der Waals surface area contributed by atoms with Crippen LogP contribution in [-0.4, -0.2) is 10.7 Å². The van der Waals surface area contributed by atoms with E-state index in [9.17, 15) is 9.18 Å². The van der Waals surface area contributed by atoms with Crippen LogP contribution in [0, 0.1) is 5.82 Å². The van der Waals surface area contributed by atoms with Crippen LogP contribution >= 0.6 is 27.5 Å². The number of hydrogen-bond acceptors (Lipinski definition) is 1. The molecule has 2 rings (SSSR count). The summed E-state index contributed by atoms with van der Waals surface area (Å²) >= 11 is 9.05. The van der Waals surface area contributed by atoms with Crippen molar-refractivity contribution in [2.45, 2.75) is 11.2 Å². The van der Waals surface area contributed by atoms with Crippen molar-refractivity contribution in [1.82, 2.24) is 0 Å². The highest BCUT2D eigenvalue weighted by molar-refractivity contribution is 9.10. The highest BCUT2D eigenvalue weighted by atomic mass is 79.9. The number of rotatable bonds is 4. The monoisotopic (exact) mass is 355 g/mol. The zero-order chi connectivity index (χ0) is 14.5. The van der Waals surface area contributed by atoms with Gasteiger partial charge in [-0.15, -0.1) is 0 Å². The van der Waals surface area contributed by atoms with E-state index >= 15 is 0 Å². The molecule has 1 atom stereocenters. The molecular formula is C15H12BrClFNO. The smallest absolute Gasteiger partial charge is 0.238 e. The highest BCUT2D eigenvalue weighted by Crippen LogP contribution is 2.17. The Labute approximate surface area is 130 Å². The molecule has 0 aliphatic carbocycles. The van der Waals surface area contributed by atoms with E-state index in [1.54, 1.807) is 42.5 Å². The number of benzene rings is 2. The van der Waals surface area contributed by atoms with Crippen molar-refractivity contribution < 1.29 is 9.18 Å². The third-order valence-corrected chi connectivity index (χ3v) is 3.74. The number of alkyl halides is 1. The van der Waals surface area contributed by atoms with E-state index in [-0.39, 0.29) is 18.1 Å². The van der Waals surface area contributed by atoms with E-state index in [1.807, 2.05) is 0 Å². The standard InChI is InChI=1S/C15H12BrClFNO/c16-13(9-10-3-1-2-4-14(10)18)15(20)19-12-7-5-11(17)6-8-12/h1-8,13H,9H2,(H,19,20). The minimum absolute atomic E-state index is 0.226. The first-order chi connectivity index (χ1) is 9.56. The van der Waals surface area contributed by atoms with Crippen LogP contribution in [0.1, 0.15) is 5.56 Å². The molecular weight excluding hydrogens is 345 g/mol. The summed E-state index contributed by atoms with van der Waals surface area (Å²) in [6.45, 7) is 0. The normalized spacial score (nSPS) is 11.9. The Morgan fingerprint density at radius 3 is 2.50 bits per heavy atom. The average Bonchev–Trinajstić information content (AvgIpc) is 2.44. The molecule has 0 radical (unpaired) electrons. The van der Waals surface area contributed by atoms with Crippen molar-refractivity contribution >= 4 is 39.1 Å². The van der Waals surface area contributed by atoms with Crippen LogP contribution in [0.25, 0.3) is 0 Å². The van der Waals surface area contributed by atoms with Gasteiger partial charge in [-0.3, -0.25) is 4.79 Å². The molecule has 20 heavy (non-hydrogen) atoms. The molecule has 1 unspecified atom stereocenters. The minimum atomic E-state index is -0.505. The third kappa shape index (κ3) is 4.05. The Kier molecular flexibility index (Phi) is 5.15. The summed E-state index contributed by atoms with van der Waals surface area (Å²) in [5, 5.41) is 3.34. The van der Waals surface area contributed by atoms with Gasteiger partial charge >= 0.3 is 0 Å². The summed E-state index contributed by atoms with van der Waals surface area (Å²) in [6.07, 6.45) is 0.284. The molecule has 1 N–H and O–H groups in total. The maximum Gasteiger partial charge on any atom is 0.238 e. The Morgan fingerprint density at radius 1 is 1.20 bits per heavy atom. The molecule has 0 bridgehead atoms. The number of hydrogen-bond donors (Lipinski definition) is 1. The van der Waals surface area contributed by atoms with E-state index in [0.29, 0.717) is 16.3 Å². The van der Waals surface area contributed by atoms with Crippen molar-refractivity contribution in [2.24, 2.45) is 0 Å². The minimum Gasteiger partial charge on any atom is -0.325 e. The maximum atomic E-state index is 13.5. The van der Waals surface area contributed by atoms with Gasteiger partial charge in [-0.2, -0.15) is 0 Å². The van der Waals surface area contributed by atoms with E-state index < -0.39 is 4.83 Å². The summed E-state index contributed by atoms with van der Waals surface area (Å²) in [4.78, 5) is 11.5. The van der Waals surface area contributed by atoms with Gasteiger partial charge in [0.2, 0.25) is 5.91 Å². The SMILES string of the molecule is O=C(Nc1ccc(Cl)cc1)C(Br)Cc1ccccc1F. The summed E-state index contributed by atoms with van der Waals surface area (Å²) in [7, 11) is 0. The summed E-state index contributed by atoms with van der Waals surface area (Å²) in [6, 6.07) is 13.2. The van der Waals surface area contributed by atoms with Crippen LogP contribution in [0.5, 0.6) is 0 Å². The van der Waals surface area contributed by atoms with Crippen molar-refractivity contribution in [3.63, 3.8) is 0 Å². The zero-order valence-corrected chi connectivity index (χ0v) is 12.8. The molecule has 0 heterocycles. The fourth-order valence-electron chi connectivity index (χ4n) is 1.70. The number of nitrogens with one attached hydrogen (secondary N) is 1. The first-order valence-corrected chi connectivity index (χ1v) is 7.29. The van der Waals surface area contributed by atoms with E-state index in [4.69, 9.17) is 11.6 Å². The number of anilines is 1. The lowest BCUT2D eigenvalue weighted by atomic mass is 10.1. The molecule has 0 aliphatic heterocycles. The number of carbonyl (C=O) groups is 1. The number of halogens is 3. The Balaban J connectivity index is 1.99. The number of amides is 1. The molecule has 0 saturated heterocycles. The van der Waals surface area contributed by atoms with Gasteiger partial charge in [0.1, 0.15) is 5.82 Å². The van der Waals surface area contributed by atoms with Crippen LogP contribution in [-0.2, 0) is 11.2 Å². The lowest BCUT2D eigenvalue weighted by molar-refractivity contribution is -0.115. The van der Waals surface area contributed by atoms with Crippen LogP contribution in [0.15, 0.2) is 48.5 Å². The summed E-state index contributed by atoms with van der Waals surface area (Å²) < 4.78 is 13.5. The molecule has 0 fully saturated rings. The van der Waals surface area contributed by atoms with Crippen molar-refractivity contribution in [3.05, 3.63) is 64.9 Å². The largest absolute Gasteiger partial charge is 0.325 e. The van der Waals surface area contributed by atoms with Gasteiger partial charge in [-0.25, -0.2) is 4.39 Å². The molecule has 104 valence electrons. The molecule has 5 heteroatoms. The van der Waals surface area contributed by atoms with E-state index in [0.717, 1.165) is 0 Å². The zero-order valence-electron chi connectivity index (χ0n) is 10.4. The Hall–Kier alpha value is -1.39. The Bertz CT molecular complexity index is 603. The van der Waals surface area contributed by atoms with Crippen molar-refractivity contribution in [1.29, 1.82) is 0 Å². The maximum absolute atomic E-state index is 13.5. The van der Waals surface area contributed by atoms with Gasteiger partial charge in [0, 0.05) is 10.7 Å². The van der Waals surface area contributed by atoms with Crippen LogP contribution in [0.2, 0.25) is 5.02 Å². The van der Waals surface area contributed by atoms with Crippen molar-refractivity contribution in [2.75, 3.05) is 5.32 Å².